The van der Waals surface area contributed by atoms with E-state index >= 15 is 0 Å². The van der Waals surface area contributed by atoms with E-state index in [1.807, 2.05) is 0 Å². The smallest absolute Gasteiger partial charge is 0.326 e. The molecule has 0 saturated carbocycles. The molecule has 3 heterocycles. The molecule has 0 aliphatic carbocycles. The number of nitrogens with zero attached hydrogens (tertiary/aromatic N) is 3. The summed E-state index contributed by atoms with van der Waals surface area (Å²) >= 11 is 1.45. The van der Waals surface area contributed by atoms with E-state index in [1.165, 1.54) is 27.9 Å². The largest absolute Gasteiger partial charge is 0.480 e. The predicted octanol–water partition coefficient (Wildman–Crippen LogP) is -0.720. The van der Waals surface area contributed by atoms with Crippen LogP contribution in [0.5, 0.6) is 0 Å². The van der Waals surface area contributed by atoms with Crippen LogP contribution < -0.4 is 0 Å². The van der Waals surface area contributed by atoms with Gasteiger partial charge < -0.3 is 19.9 Å². The molecule has 1 unspecified atom stereocenters. The van der Waals surface area contributed by atoms with Crippen LogP contribution in [-0.4, -0.2) is 66.9 Å². The first-order valence-electron chi connectivity index (χ1n) is 6.45. The van der Waals surface area contributed by atoms with Gasteiger partial charge >= 0.3 is 5.97 Å². The number of amides is 2. The minimum absolute atomic E-state index is 0.0704. The maximum Gasteiger partial charge on any atom is 0.326 e. The van der Waals surface area contributed by atoms with Crippen molar-refractivity contribution in [1.82, 2.24) is 19.8 Å². The van der Waals surface area contributed by atoms with E-state index in [1.54, 1.807) is 0 Å². The number of fused-ring (bicyclic) bond motifs is 1. The number of carboxylic acids is 1. The average molecular weight is 310 g/mol. The SMILES string of the molecule is O=C(O)C1Cc2nc[nH]c2CN1C(=O)CN1CSCC1=O. The van der Waals surface area contributed by atoms with Gasteiger partial charge in [0, 0.05) is 6.42 Å². The van der Waals surface area contributed by atoms with Crippen LogP contribution in [0.3, 0.4) is 0 Å². The van der Waals surface area contributed by atoms with E-state index in [9.17, 15) is 19.5 Å². The molecule has 1 aromatic heterocycles. The highest BCUT2D eigenvalue weighted by molar-refractivity contribution is 8.00. The van der Waals surface area contributed by atoms with Crippen molar-refractivity contribution >= 4 is 29.5 Å². The van der Waals surface area contributed by atoms with E-state index in [0.29, 0.717) is 17.3 Å². The Balaban J connectivity index is 1.77. The predicted molar refractivity (Wildman–Crippen MR) is 73.3 cm³/mol. The van der Waals surface area contributed by atoms with Crippen molar-refractivity contribution in [2.75, 3.05) is 18.2 Å². The number of H-pyrrole nitrogens is 1. The number of hydrogen-bond donors (Lipinski definition) is 2. The number of carbonyl (C=O) groups excluding carboxylic acids is 2. The Morgan fingerprint density at radius 3 is 3.00 bits per heavy atom. The van der Waals surface area contributed by atoms with Crippen molar-refractivity contribution in [2.45, 2.75) is 19.0 Å². The summed E-state index contributed by atoms with van der Waals surface area (Å²) in [6, 6.07) is -0.932. The van der Waals surface area contributed by atoms with E-state index in [2.05, 4.69) is 9.97 Å². The van der Waals surface area contributed by atoms with E-state index in [4.69, 9.17) is 0 Å². The molecular formula is C12H14N4O4S. The normalized spacial score (nSPS) is 21.5. The monoisotopic (exact) mass is 310 g/mol. The molecule has 2 amide bonds. The average Bonchev–Trinajstić information content (AvgIpc) is 3.06. The number of carbonyl (C=O) groups is 3. The summed E-state index contributed by atoms with van der Waals surface area (Å²) in [5.74, 6) is -0.636. The molecule has 3 rings (SSSR count). The zero-order valence-corrected chi connectivity index (χ0v) is 11.9. The number of carboxylic acid groups (broad SMARTS) is 1. The van der Waals surface area contributed by atoms with Gasteiger partial charge in [-0.15, -0.1) is 11.8 Å². The number of aliphatic carboxylic acids is 1. The number of hydrogen-bond acceptors (Lipinski definition) is 5. The van der Waals surface area contributed by atoms with Gasteiger partial charge in [0.25, 0.3) is 0 Å². The number of nitrogens with one attached hydrogen (secondary N) is 1. The Hall–Kier alpha value is -2.03. The van der Waals surface area contributed by atoms with Gasteiger partial charge in [-0.25, -0.2) is 9.78 Å². The van der Waals surface area contributed by atoms with Crippen molar-refractivity contribution in [1.29, 1.82) is 0 Å². The minimum atomic E-state index is -1.06. The second-order valence-electron chi connectivity index (χ2n) is 4.98. The highest BCUT2D eigenvalue weighted by Crippen LogP contribution is 2.22. The highest BCUT2D eigenvalue weighted by atomic mass is 32.2. The minimum Gasteiger partial charge on any atom is -0.480 e. The van der Waals surface area contributed by atoms with Gasteiger partial charge in [-0.1, -0.05) is 0 Å². The first kappa shape index (κ1) is 13.9. The Morgan fingerprint density at radius 2 is 2.33 bits per heavy atom. The van der Waals surface area contributed by atoms with E-state index < -0.39 is 12.0 Å². The zero-order chi connectivity index (χ0) is 15.0. The van der Waals surface area contributed by atoms with Crippen molar-refractivity contribution in [3.05, 3.63) is 17.7 Å². The Labute approximate surface area is 124 Å². The molecule has 8 nitrogen and oxygen atoms in total. The van der Waals surface area contributed by atoms with Crippen molar-refractivity contribution < 1.29 is 19.5 Å². The second kappa shape index (κ2) is 5.40. The van der Waals surface area contributed by atoms with Crippen LogP contribution in [0.2, 0.25) is 0 Å². The molecule has 2 aliphatic heterocycles. The third kappa shape index (κ3) is 2.60. The summed E-state index contributed by atoms with van der Waals surface area (Å²) in [4.78, 5) is 45.1. The van der Waals surface area contributed by atoms with Crippen LogP contribution in [0.25, 0.3) is 0 Å². The molecule has 1 saturated heterocycles. The van der Waals surface area contributed by atoms with Crippen LogP contribution >= 0.6 is 11.8 Å². The fourth-order valence-corrected chi connectivity index (χ4v) is 3.42. The van der Waals surface area contributed by atoms with Crippen LogP contribution in [0.15, 0.2) is 6.33 Å². The lowest BCUT2D eigenvalue weighted by molar-refractivity contribution is -0.152. The number of aromatic nitrogens is 2. The summed E-state index contributed by atoms with van der Waals surface area (Å²) in [5, 5.41) is 9.32. The maximum absolute atomic E-state index is 12.4. The topological polar surface area (TPSA) is 107 Å². The zero-order valence-electron chi connectivity index (χ0n) is 11.1. The van der Waals surface area contributed by atoms with Crippen molar-refractivity contribution in [2.24, 2.45) is 0 Å². The number of thioether (sulfide) groups is 1. The molecule has 0 spiro atoms. The van der Waals surface area contributed by atoms with Crippen molar-refractivity contribution in [3.63, 3.8) is 0 Å². The first-order chi connectivity index (χ1) is 10.1. The van der Waals surface area contributed by atoms with Gasteiger partial charge in [0.15, 0.2) is 0 Å². The summed E-state index contributed by atoms with van der Waals surface area (Å²) < 4.78 is 0. The molecule has 2 aliphatic rings. The Kier molecular flexibility index (Phi) is 3.58. The van der Waals surface area contributed by atoms with Gasteiger partial charge in [0.2, 0.25) is 11.8 Å². The van der Waals surface area contributed by atoms with E-state index in [-0.39, 0.29) is 31.3 Å². The van der Waals surface area contributed by atoms with Gasteiger partial charge in [0.05, 0.1) is 35.9 Å². The van der Waals surface area contributed by atoms with Crippen LogP contribution in [0.4, 0.5) is 0 Å². The van der Waals surface area contributed by atoms with Gasteiger partial charge in [-0.2, -0.15) is 0 Å². The van der Waals surface area contributed by atoms with Gasteiger partial charge in [-0.05, 0) is 0 Å². The van der Waals surface area contributed by atoms with Crippen LogP contribution in [-0.2, 0) is 27.3 Å². The quantitative estimate of drug-likeness (QED) is 0.763. The molecular weight excluding hydrogens is 296 g/mol. The molecule has 1 atom stereocenters. The third-order valence-corrected chi connectivity index (χ3v) is 4.60. The van der Waals surface area contributed by atoms with E-state index in [0.717, 1.165) is 5.69 Å². The lowest BCUT2D eigenvalue weighted by atomic mass is 10.0. The van der Waals surface area contributed by atoms with Crippen molar-refractivity contribution in [3.8, 4) is 0 Å². The molecule has 1 aromatic rings. The number of imidazole rings is 1. The summed E-state index contributed by atoms with van der Waals surface area (Å²) in [7, 11) is 0. The molecule has 9 heteroatoms. The lowest BCUT2D eigenvalue weighted by Crippen LogP contribution is -2.51. The summed E-state index contributed by atoms with van der Waals surface area (Å²) in [6.45, 7) is 0.111. The molecule has 1 fully saturated rings. The van der Waals surface area contributed by atoms with Crippen LogP contribution in [0.1, 0.15) is 11.4 Å². The Morgan fingerprint density at radius 1 is 1.52 bits per heavy atom. The fourth-order valence-electron chi connectivity index (χ4n) is 2.51. The standard InChI is InChI=1S/C12H14N4O4S/c17-10(3-15-6-21-4-11(15)18)16-2-8-7(13-5-14-8)1-9(16)12(19)20/h5,9H,1-4,6H2,(H,13,14)(H,19,20). The van der Waals surface area contributed by atoms with Crippen LogP contribution in [0, 0.1) is 0 Å². The maximum atomic E-state index is 12.4. The number of rotatable bonds is 3. The molecule has 2 N–H and O–H groups in total. The summed E-state index contributed by atoms with van der Waals surface area (Å²) in [5.41, 5.74) is 1.43. The molecule has 21 heavy (non-hydrogen) atoms. The molecule has 0 bridgehead atoms. The Bertz CT molecular complexity index is 602. The fraction of sp³-hybridized carbons (Fsp3) is 0.500. The molecule has 112 valence electrons. The second-order valence-corrected chi connectivity index (χ2v) is 5.93. The third-order valence-electron chi connectivity index (χ3n) is 3.66. The molecule has 0 radical (unpaired) electrons. The first-order valence-corrected chi connectivity index (χ1v) is 7.60. The lowest BCUT2D eigenvalue weighted by Gasteiger charge is -2.33. The number of aromatic amines is 1. The van der Waals surface area contributed by atoms with Gasteiger partial charge in [-0.3, -0.25) is 9.59 Å². The molecule has 0 aromatic carbocycles. The summed E-state index contributed by atoms with van der Waals surface area (Å²) in [6.07, 6.45) is 1.68. The van der Waals surface area contributed by atoms with Gasteiger partial charge in [0.1, 0.15) is 12.6 Å². The highest BCUT2D eigenvalue weighted by Gasteiger charge is 2.37.